The van der Waals surface area contributed by atoms with Gasteiger partial charge in [-0.1, -0.05) is 36.4 Å². The quantitative estimate of drug-likeness (QED) is 0.879. The second-order valence-corrected chi connectivity index (χ2v) is 5.35. The Morgan fingerprint density at radius 2 is 1.47 bits per heavy atom. The van der Waals surface area contributed by atoms with E-state index in [4.69, 9.17) is 0 Å². The van der Waals surface area contributed by atoms with Gasteiger partial charge >= 0.3 is 0 Å². The second-order valence-electron chi connectivity index (χ2n) is 4.50. The van der Waals surface area contributed by atoms with Crippen LogP contribution in [0.3, 0.4) is 0 Å². The topological polar surface area (TPSA) is 12.0 Å². The van der Waals surface area contributed by atoms with Crippen molar-refractivity contribution in [3.05, 3.63) is 64.1 Å². The lowest BCUT2D eigenvalue weighted by Crippen LogP contribution is -2.19. The minimum atomic E-state index is 0.520. The molecule has 1 aliphatic carbocycles. The van der Waals surface area contributed by atoms with E-state index in [1.165, 1.54) is 16.8 Å². The molecule has 0 heterocycles. The Morgan fingerprint density at radius 1 is 0.882 bits per heavy atom. The molecule has 0 saturated carbocycles. The molecule has 3 rings (SSSR count). The van der Waals surface area contributed by atoms with Crippen molar-refractivity contribution in [2.75, 3.05) is 5.32 Å². The molecule has 17 heavy (non-hydrogen) atoms. The summed E-state index contributed by atoms with van der Waals surface area (Å²) in [6.45, 7) is 0. The Balaban J connectivity index is 1.76. The Morgan fingerprint density at radius 3 is 2.12 bits per heavy atom. The van der Waals surface area contributed by atoms with Gasteiger partial charge in [0.1, 0.15) is 0 Å². The van der Waals surface area contributed by atoms with Gasteiger partial charge in [0.2, 0.25) is 0 Å². The van der Waals surface area contributed by atoms with Gasteiger partial charge in [0, 0.05) is 16.2 Å². The molecule has 0 aromatic heterocycles. The van der Waals surface area contributed by atoms with Crippen molar-refractivity contribution in [2.45, 2.75) is 18.9 Å². The van der Waals surface area contributed by atoms with Crippen molar-refractivity contribution in [1.82, 2.24) is 0 Å². The number of para-hydroxylation sites is 1. The summed E-state index contributed by atoms with van der Waals surface area (Å²) in [7, 11) is 0. The maximum absolute atomic E-state index is 3.61. The number of anilines is 1. The van der Waals surface area contributed by atoms with Crippen LogP contribution >= 0.6 is 15.9 Å². The molecule has 0 unspecified atom stereocenters. The zero-order chi connectivity index (χ0) is 11.7. The van der Waals surface area contributed by atoms with Crippen LogP contribution in [0.15, 0.2) is 53.0 Å². The third-order valence-corrected chi connectivity index (χ3v) is 3.98. The standard InChI is InChI=1S/C15H14BrN/c16-14-7-3-4-8-15(14)17-13-9-11-5-1-2-6-12(11)10-13/h1-8,13,17H,9-10H2. The van der Waals surface area contributed by atoms with Crippen LogP contribution < -0.4 is 5.32 Å². The predicted molar refractivity (Wildman–Crippen MR) is 75.4 cm³/mol. The van der Waals surface area contributed by atoms with E-state index in [2.05, 4.69) is 63.7 Å². The fourth-order valence-corrected chi connectivity index (χ4v) is 2.86. The number of nitrogens with one attached hydrogen (secondary N) is 1. The average molecular weight is 288 g/mol. The van der Waals surface area contributed by atoms with Crippen LogP contribution in [0.5, 0.6) is 0 Å². The molecule has 0 radical (unpaired) electrons. The zero-order valence-corrected chi connectivity index (χ0v) is 11.1. The van der Waals surface area contributed by atoms with Gasteiger partial charge in [-0.25, -0.2) is 0 Å². The van der Waals surface area contributed by atoms with Gasteiger partial charge in [0.15, 0.2) is 0 Å². The maximum atomic E-state index is 3.61. The van der Waals surface area contributed by atoms with Crippen molar-refractivity contribution >= 4 is 21.6 Å². The average Bonchev–Trinajstić information content (AvgIpc) is 2.74. The molecule has 2 aromatic carbocycles. The van der Waals surface area contributed by atoms with E-state index in [0.29, 0.717) is 6.04 Å². The lowest BCUT2D eigenvalue weighted by Gasteiger charge is -2.14. The van der Waals surface area contributed by atoms with Crippen LogP contribution in [0.2, 0.25) is 0 Å². The first-order valence-electron chi connectivity index (χ1n) is 5.91. The summed E-state index contributed by atoms with van der Waals surface area (Å²) >= 11 is 3.58. The molecular formula is C15H14BrN. The van der Waals surface area contributed by atoms with Crippen LogP contribution in [0.4, 0.5) is 5.69 Å². The van der Waals surface area contributed by atoms with E-state index in [0.717, 1.165) is 17.3 Å². The SMILES string of the molecule is Brc1ccccc1NC1Cc2ccccc2C1. The van der Waals surface area contributed by atoms with Crippen LogP contribution in [0.1, 0.15) is 11.1 Å². The molecule has 1 N–H and O–H groups in total. The van der Waals surface area contributed by atoms with Gasteiger partial charge in [-0.2, -0.15) is 0 Å². The minimum absolute atomic E-state index is 0.520. The zero-order valence-electron chi connectivity index (χ0n) is 9.49. The highest BCUT2D eigenvalue weighted by molar-refractivity contribution is 9.10. The molecule has 0 saturated heterocycles. The van der Waals surface area contributed by atoms with E-state index in [1.54, 1.807) is 0 Å². The third kappa shape index (κ3) is 2.22. The van der Waals surface area contributed by atoms with Crippen molar-refractivity contribution in [2.24, 2.45) is 0 Å². The lowest BCUT2D eigenvalue weighted by atomic mass is 10.1. The van der Waals surface area contributed by atoms with Gasteiger partial charge in [-0.05, 0) is 52.0 Å². The summed E-state index contributed by atoms with van der Waals surface area (Å²) in [5, 5.41) is 3.61. The number of hydrogen-bond acceptors (Lipinski definition) is 1. The fraction of sp³-hybridized carbons (Fsp3) is 0.200. The van der Waals surface area contributed by atoms with Gasteiger partial charge in [-0.3, -0.25) is 0 Å². The van der Waals surface area contributed by atoms with Crippen molar-refractivity contribution in [1.29, 1.82) is 0 Å². The summed E-state index contributed by atoms with van der Waals surface area (Å²) in [4.78, 5) is 0. The van der Waals surface area contributed by atoms with Crippen LogP contribution in [-0.4, -0.2) is 6.04 Å². The molecule has 1 aliphatic rings. The molecule has 2 heteroatoms. The summed E-state index contributed by atoms with van der Waals surface area (Å²) in [6, 6.07) is 17.5. The van der Waals surface area contributed by atoms with E-state index in [-0.39, 0.29) is 0 Å². The third-order valence-electron chi connectivity index (χ3n) is 3.28. The summed E-state index contributed by atoms with van der Waals surface area (Å²) in [5.74, 6) is 0. The number of fused-ring (bicyclic) bond motifs is 1. The highest BCUT2D eigenvalue weighted by Crippen LogP contribution is 2.27. The molecule has 0 fully saturated rings. The van der Waals surface area contributed by atoms with Gasteiger partial charge < -0.3 is 5.32 Å². The van der Waals surface area contributed by atoms with E-state index in [1.807, 2.05) is 6.07 Å². The first kappa shape index (κ1) is 10.8. The molecule has 0 amide bonds. The van der Waals surface area contributed by atoms with E-state index in [9.17, 15) is 0 Å². The van der Waals surface area contributed by atoms with Gasteiger partial charge in [-0.15, -0.1) is 0 Å². The normalized spacial score (nSPS) is 14.6. The molecule has 0 aliphatic heterocycles. The van der Waals surface area contributed by atoms with Crippen LogP contribution in [0, 0.1) is 0 Å². The summed E-state index contributed by atoms with van der Waals surface area (Å²) in [6.07, 6.45) is 2.25. The smallest absolute Gasteiger partial charge is 0.0486 e. The number of benzene rings is 2. The highest BCUT2D eigenvalue weighted by Gasteiger charge is 2.20. The molecule has 86 valence electrons. The number of rotatable bonds is 2. The number of hydrogen-bond donors (Lipinski definition) is 1. The molecular weight excluding hydrogens is 274 g/mol. The minimum Gasteiger partial charge on any atom is -0.381 e. The van der Waals surface area contributed by atoms with Crippen molar-refractivity contribution in [3.63, 3.8) is 0 Å². The number of halogens is 1. The Hall–Kier alpha value is -1.28. The summed E-state index contributed by atoms with van der Waals surface area (Å²) in [5.41, 5.74) is 4.15. The monoisotopic (exact) mass is 287 g/mol. The summed E-state index contributed by atoms with van der Waals surface area (Å²) < 4.78 is 1.14. The van der Waals surface area contributed by atoms with Crippen LogP contribution in [-0.2, 0) is 12.8 Å². The molecule has 0 bridgehead atoms. The van der Waals surface area contributed by atoms with Crippen LogP contribution in [0.25, 0.3) is 0 Å². The van der Waals surface area contributed by atoms with Crippen molar-refractivity contribution < 1.29 is 0 Å². The lowest BCUT2D eigenvalue weighted by molar-refractivity contribution is 0.774. The second kappa shape index (κ2) is 4.53. The fourth-order valence-electron chi connectivity index (χ4n) is 2.46. The first-order chi connectivity index (χ1) is 8.33. The van der Waals surface area contributed by atoms with E-state index < -0.39 is 0 Å². The van der Waals surface area contributed by atoms with Gasteiger partial charge in [0.05, 0.1) is 0 Å². The Kier molecular flexibility index (Phi) is 2.89. The molecule has 2 aromatic rings. The maximum Gasteiger partial charge on any atom is 0.0486 e. The first-order valence-corrected chi connectivity index (χ1v) is 6.70. The Labute approximate surface area is 110 Å². The Bertz CT molecular complexity index is 511. The van der Waals surface area contributed by atoms with E-state index >= 15 is 0 Å². The highest BCUT2D eigenvalue weighted by atomic mass is 79.9. The molecule has 0 atom stereocenters. The molecule has 0 spiro atoms. The predicted octanol–water partition coefficient (Wildman–Crippen LogP) is 4.03. The van der Waals surface area contributed by atoms with Gasteiger partial charge in [0.25, 0.3) is 0 Å². The van der Waals surface area contributed by atoms with Crippen molar-refractivity contribution in [3.8, 4) is 0 Å². The molecule has 1 nitrogen and oxygen atoms in total. The largest absolute Gasteiger partial charge is 0.381 e.